The summed E-state index contributed by atoms with van der Waals surface area (Å²) in [6.45, 7) is 5.06. The molecular formula is C35H44FN5O7. The molecule has 5 rings (SSSR count). The molecule has 12 nitrogen and oxygen atoms in total. The number of alkyl carbamates (subject to hydrolysis) is 1. The highest BCUT2D eigenvalue weighted by Gasteiger charge is 2.60. The Morgan fingerprint density at radius 3 is 2.67 bits per heavy atom. The summed E-state index contributed by atoms with van der Waals surface area (Å²) < 4.78 is 25.6. The molecule has 0 bridgehead atoms. The molecule has 0 aromatic heterocycles. The first-order chi connectivity index (χ1) is 22.8. The van der Waals surface area contributed by atoms with Gasteiger partial charge in [-0.2, -0.15) is 5.26 Å². The molecule has 0 spiro atoms. The molecular weight excluding hydrogens is 621 g/mol. The van der Waals surface area contributed by atoms with Crippen LogP contribution in [0.25, 0.3) is 0 Å². The molecule has 0 radical (unpaired) electrons. The largest absolute Gasteiger partial charge is 0.444 e. The number of carbonyl (C=O) groups is 5. The van der Waals surface area contributed by atoms with Gasteiger partial charge in [-0.1, -0.05) is 37.1 Å². The lowest BCUT2D eigenvalue weighted by Crippen LogP contribution is -2.53. The van der Waals surface area contributed by atoms with Gasteiger partial charge in [0.25, 0.3) is 0 Å². The van der Waals surface area contributed by atoms with Crippen LogP contribution in [-0.4, -0.2) is 76.5 Å². The monoisotopic (exact) mass is 665 g/mol. The molecule has 5 atom stereocenters. The van der Waals surface area contributed by atoms with E-state index < -0.39 is 53.1 Å². The van der Waals surface area contributed by atoms with Crippen molar-refractivity contribution in [3.63, 3.8) is 0 Å². The maximum Gasteiger partial charge on any atom is 0.410 e. The molecule has 4 amide bonds. The number of ketones is 1. The third kappa shape index (κ3) is 7.97. The SMILES string of the molecule is CC(C)(C)OC(=O)N[C@H]1CCCCC/C=C\[C@@H]2C[C@@]2(C(=O)NCC#N)CC(=O)[C@@H]2C[C@@H](OC(=O)N3Cc4cccc(F)c4C3)CN2C1=O. The van der Waals surface area contributed by atoms with Gasteiger partial charge in [0, 0.05) is 24.9 Å². The van der Waals surface area contributed by atoms with Gasteiger partial charge in [-0.05, 0) is 64.0 Å². The van der Waals surface area contributed by atoms with Crippen LogP contribution in [0.1, 0.15) is 83.3 Å². The standard InChI is InChI=1S/C35H44FN5O7/c1-34(2,3)48-32(45)39-27-13-8-6-4-5-7-11-23-17-35(23,31(44)38-15-14-37)18-29(42)28-16-24(20-41(28)30(27)43)47-33(46)40-19-22-10-9-12-26(36)25(22)21-40/h7,9-12,23-24,27-28H,4-6,8,13,15-21H2,1-3H3,(H,38,44)(H,39,45)/b11-7-/t23-,24-,27+,28+,35-/m1/s1. The van der Waals surface area contributed by atoms with Crippen LogP contribution in [0, 0.1) is 28.5 Å². The Hall–Kier alpha value is -4.47. The minimum absolute atomic E-state index is 0.00101. The lowest BCUT2D eigenvalue weighted by Gasteiger charge is -2.30. The van der Waals surface area contributed by atoms with Crippen LogP contribution < -0.4 is 10.6 Å². The van der Waals surface area contributed by atoms with E-state index in [1.54, 1.807) is 32.9 Å². The Bertz CT molecular complexity index is 1520. The van der Waals surface area contributed by atoms with E-state index >= 15 is 0 Å². The van der Waals surface area contributed by atoms with Crippen molar-refractivity contribution in [1.29, 1.82) is 5.26 Å². The number of benzene rings is 1. The number of amides is 4. The number of nitrogens with one attached hydrogen (secondary N) is 2. The summed E-state index contributed by atoms with van der Waals surface area (Å²) >= 11 is 0. The molecule has 2 N–H and O–H groups in total. The molecule has 258 valence electrons. The van der Waals surface area contributed by atoms with Crippen LogP contribution in [-0.2, 0) is 36.9 Å². The molecule has 1 saturated carbocycles. The van der Waals surface area contributed by atoms with Gasteiger partial charge in [0.05, 0.1) is 30.6 Å². The smallest absolute Gasteiger partial charge is 0.410 e. The Morgan fingerprint density at radius 2 is 1.94 bits per heavy atom. The van der Waals surface area contributed by atoms with Gasteiger partial charge in [-0.25, -0.2) is 14.0 Å². The molecule has 0 unspecified atom stereocenters. The Morgan fingerprint density at radius 1 is 1.15 bits per heavy atom. The van der Waals surface area contributed by atoms with E-state index in [1.165, 1.54) is 15.9 Å². The molecule has 3 heterocycles. The number of halogens is 1. The summed E-state index contributed by atoms with van der Waals surface area (Å²) in [4.78, 5) is 70.4. The molecule has 1 aliphatic carbocycles. The van der Waals surface area contributed by atoms with E-state index in [0.717, 1.165) is 19.3 Å². The molecule has 1 saturated heterocycles. The molecule has 4 aliphatic rings. The number of hydrogen-bond donors (Lipinski definition) is 2. The maximum atomic E-state index is 14.4. The zero-order valence-electron chi connectivity index (χ0n) is 27.8. The minimum Gasteiger partial charge on any atom is -0.444 e. The lowest BCUT2D eigenvalue weighted by molar-refractivity contribution is -0.140. The average Bonchev–Trinajstić information content (AvgIpc) is 3.33. The second-order valence-corrected chi connectivity index (χ2v) is 14.2. The highest BCUT2D eigenvalue weighted by atomic mass is 19.1. The number of hydrogen-bond acceptors (Lipinski definition) is 8. The second-order valence-electron chi connectivity index (χ2n) is 14.2. The highest BCUT2D eigenvalue weighted by Crippen LogP contribution is 2.57. The predicted octanol–water partition coefficient (Wildman–Crippen LogP) is 4.27. The van der Waals surface area contributed by atoms with Crippen LogP contribution in [0.5, 0.6) is 0 Å². The van der Waals surface area contributed by atoms with E-state index in [1.807, 2.05) is 18.2 Å². The first kappa shape index (κ1) is 34.9. The van der Waals surface area contributed by atoms with E-state index in [9.17, 15) is 28.4 Å². The quantitative estimate of drug-likeness (QED) is 0.357. The number of ether oxygens (including phenoxy) is 2. The number of fused-ring (bicyclic) bond motifs is 3. The van der Waals surface area contributed by atoms with Crippen molar-refractivity contribution in [2.45, 2.75) is 109 Å². The van der Waals surface area contributed by atoms with Crippen LogP contribution in [0.15, 0.2) is 30.4 Å². The van der Waals surface area contributed by atoms with E-state index in [-0.39, 0.29) is 56.6 Å². The van der Waals surface area contributed by atoms with E-state index in [2.05, 4.69) is 10.6 Å². The molecule has 3 aliphatic heterocycles. The van der Waals surface area contributed by atoms with Gasteiger partial charge in [-0.3, -0.25) is 19.3 Å². The van der Waals surface area contributed by atoms with Crippen molar-refractivity contribution in [2.24, 2.45) is 11.3 Å². The predicted molar refractivity (Wildman–Crippen MR) is 170 cm³/mol. The number of Topliss-reactive ketones (excluding diaryl/α,β-unsaturated/α-hetero) is 1. The van der Waals surface area contributed by atoms with Gasteiger partial charge >= 0.3 is 12.2 Å². The van der Waals surface area contributed by atoms with Crippen molar-refractivity contribution in [3.05, 3.63) is 47.3 Å². The van der Waals surface area contributed by atoms with Crippen LogP contribution in [0.2, 0.25) is 0 Å². The highest BCUT2D eigenvalue weighted by molar-refractivity contribution is 5.97. The first-order valence-electron chi connectivity index (χ1n) is 16.7. The Balaban J connectivity index is 1.39. The zero-order chi connectivity index (χ0) is 34.6. The lowest BCUT2D eigenvalue weighted by atomic mass is 9.91. The summed E-state index contributed by atoms with van der Waals surface area (Å²) in [5.74, 6) is -1.86. The summed E-state index contributed by atoms with van der Waals surface area (Å²) in [5.41, 5.74) is -0.749. The molecule has 13 heteroatoms. The van der Waals surface area contributed by atoms with Crippen LogP contribution in [0.3, 0.4) is 0 Å². The Labute approximate surface area is 280 Å². The van der Waals surface area contributed by atoms with Crippen LogP contribution >= 0.6 is 0 Å². The van der Waals surface area contributed by atoms with E-state index in [4.69, 9.17) is 14.7 Å². The fourth-order valence-corrected chi connectivity index (χ4v) is 6.97. The van der Waals surface area contributed by atoms with Crippen molar-refractivity contribution in [2.75, 3.05) is 13.1 Å². The Kier molecular flexibility index (Phi) is 10.4. The number of carbonyl (C=O) groups excluding carboxylic acids is 5. The molecule has 2 fully saturated rings. The fraction of sp³-hybridized carbons (Fsp3) is 0.600. The topological polar surface area (TPSA) is 158 Å². The number of nitriles is 1. The zero-order valence-corrected chi connectivity index (χ0v) is 27.8. The molecule has 1 aromatic carbocycles. The summed E-state index contributed by atoms with van der Waals surface area (Å²) in [5, 5.41) is 14.4. The maximum absolute atomic E-state index is 14.4. The average molecular weight is 666 g/mol. The van der Waals surface area contributed by atoms with E-state index in [0.29, 0.717) is 30.4 Å². The van der Waals surface area contributed by atoms with Gasteiger partial charge in [0.1, 0.15) is 30.1 Å². The molecule has 48 heavy (non-hydrogen) atoms. The van der Waals surface area contributed by atoms with Crippen molar-refractivity contribution >= 4 is 29.8 Å². The van der Waals surface area contributed by atoms with Gasteiger partial charge < -0.3 is 25.0 Å². The van der Waals surface area contributed by atoms with Gasteiger partial charge in [0.15, 0.2) is 5.78 Å². The first-order valence-corrected chi connectivity index (χ1v) is 16.7. The summed E-state index contributed by atoms with van der Waals surface area (Å²) in [7, 11) is 0. The summed E-state index contributed by atoms with van der Waals surface area (Å²) in [6.07, 6.45) is 5.23. The number of rotatable bonds is 4. The van der Waals surface area contributed by atoms with Crippen LogP contribution in [0.4, 0.5) is 14.0 Å². The van der Waals surface area contributed by atoms with Gasteiger partial charge in [-0.15, -0.1) is 0 Å². The minimum atomic E-state index is -1.05. The van der Waals surface area contributed by atoms with Crippen molar-refractivity contribution < 1.29 is 37.8 Å². The molecule has 1 aromatic rings. The third-order valence-electron chi connectivity index (χ3n) is 9.49. The third-order valence-corrected chi connectivity index (χ3v) is 9.49. The second kappa shape index (κ2) is 14.3. The summed E-state index contributed by atoms with van der Waals surface area (Å²) in [6, 6.07) is 4.54. The van der Waals surface area contributed by atoms with Gasteiger partial charge in [0.2, 0.25) is 11.8 Å². The number of nitrogens with zero attached hydrogens (tertiary/aromatic N) is 3. The van der Waals surface area contributed by atoms with Crippen molar-refractivity contribution in [3.8, 4) is 6.07 Å². The number of allylic oxidation sites excluding steroid dienone is 2. The van der Waals surface area contributed by atoms with Crippen molar-refractivity contribution in [1.82, 2.24) is 20.4 Å². The normalized spacial score (nSPS) is 28.1. The fourth-order valence-electron chi connectivity index (χ4n) is 6.97.